The average molecular weight is 449 g/mol. The molecule has 170 valence electrons. The van der Waals surface area contributed by atoms with E-state index in [4.69, 9.17) is 4.74 Å². The minimum atomic E-state index is -0.526. The van der Waals surface area contributed by atoms with Crippen molar-refractivity contribution in [2.75, 3.05) is 24.5 Å². The summed E-state index contributed by atoms with van der Waals surface area (Å²) in [6.07, 6.45) is 4.35. The number of anilines is 1. The first-order chi connectivity index (χ1) is 14.7. The molecule has 1 saturated carbocycles. The summed E-state index contributed by atoms with van der Waals surface area (Å²) < 4.78 is 5.43. The molecule has 1 aliphatic carbocycles. The third kappa shape index (κ3) is 5.19. The van der Waals surface area contributed by atoms with Gasteiger partial charge in [0.05, 0.1) is 12.1 Å². The number of aromatic nitrogens is 1. The fraction of sp³-hybridized carbons (Fsp3) is 0.727. The van der Waals surface area contributed by atoms with Gasteiger partial charge in [0.25, 0.3) is 0 Å². The normalized spacial score (nSPS) is 26.2. The number of hydrogen-bond donors (Lipinski definition) is 1. The maximum Gasteiger partial charge on any atom is 0.407 e. The molecule has 9 heteroatoms. The summed E-state index contributed by atoms with van der Waals surface area (Å²) in [7, 11) is 0. The molecule has 3 amide bonds. The van der Waals surface area contributed by atoms with Crippen LogP contribution in [-0.2, 0) is 20.7 Å². The van der Waals surface area contributed by atoms with Crippen molar-refractivity contribution in [2.24, 2.45) is 11.8 Å². The molecule has 3 atom stereocenters. The predicted molar refractivity (Wildman–Crippen MR) is 118 cm³/mol. The first-order valence-electron chi connectivity index (χ1n) is 11.2. The van der Waals surface area contributed by atoms with E-state index in [2.05, 4.69) is 10.3 Å². The molecule has 8 nitrogen and oxygen atoms in total. The fourth-order valence-electron chi connectivity index (χ4n) is 4.93. The van der Waals surface area contributed by atoms with Gasteiger partial charge < -0.3 is 15.0 Å². The van der Waals surface area contributed by atoms with Crippen molar-refractivity contribution in [3.05, 3.63) is 11.1 Å². The van der Waals surface area contributed by atoms with Crippen LogP contribution in [0.25, 0.3) is 0 Å². The average Bonchev–Trinajstić information content (AvgIpc) is 3.39. The highest BCUT2D eigenvalue weighted by atomic mass is 32.1. The van der Waals surface area contributed by atoms with Crippen molar-refractivity contribution in [3.63, 3.8) is 0 Å². The van der Waals surface area contributed by atoms with E-state index in [1.165, 1.54) is 11.3 Å². The quantitative estimate of drug-likeness (QED) is 0.765. The van der Waals surface area contributed by atoms with Gasteiger partial charge in [-0.2, -0.15) is 0 Å². The highest BCUT2D eigenvalue weighted by Crippen LogP contribution is 2.37. The van der Waals surface area contributed by atoms with Crippen LogP contribution in [0.3, 0.4) is 0 Å². The van der Waals surface area contributed by atoms with Crippen LogP contribution in [0.4, 0.5) is 9.93 Å². The molecule has 4 rings (SSSR count). The van der Waals surface area contributed by atoms with Crippen molar-refractivity contribution in [2.45, 2.75) is 70.9 Å². The minimum Gasteiger partial charge on any atom is -0.444 e. The second kappa shape index (κ2) is 8.76. The summed E-state index contributed by atoms with van der Waals surface area (Å²) in [5.41, 5.74) is 0.199. The Hall–Kier alpha value is -2.16. The zero-order valence-corrected chi connectivity index (χ0v) is 19.4. The largest absolute Gasteiger partial charge is 0.444 e. The van der Waals surface area contributed by atoms with Crippen LogP contribution >= 0.6 is 11.3 Å². The number of amides is 3. The lowest BCUT2D eigenvalue weighted by Crippen LogP contribution is -2.47. The Balaban J connectivity index is 1.34. The third-order valence-corrected chi connectivity index (χ3v) is 7.24. The lowest BCUT2D eigenvalue weighted by Gasteiger charge is -2.33. The summed E-state index contributed by atoms with van der Waals surface area (Å²) in [5.74, 6) is 0.846. The summed E-state index contributed by atoms with van der Waals surface area (Å²) in [6, 6.07) is 0.0402. The monoisotopic (exact) mass is 448 g/mol. The van der Waals surface area contributed by atoms with Crippen LogP contribution < -0.4 is 10.2 Å². The van der Waals surface area contributed by atoms with Gasteiger partial charge in [-0.05, 0) is 46.0 Å². The molecule has 0 aromatic carbocycles. The van der Waals surface area contributed by atoms with Crippen LogP contribution in [-0.4, -0.2) is 59.1 Å². The number of likely N-dealkylation sites (tertiary alicyclic amines) is 1. The Labute approximate surface area is 187 Å². The number of fused-ring (bicyclic) bond motifs is 1. The number of rotatable bonds is 4. The van der Waals surface area contributed by atoms with Crippen molar-refractivity contribution >= 4 is 34.4 Å². The molecule has 1 aromatic rings. The fourth-order valence-corrected chi connectivity index (χ4v) is 5.80. The van der Waals surface area contributed by atoms with Gasteiger partial charge in [-0.25, -0.2) is 9.78 Å². The van der Waals surface area contributed by atoms with Crippen molar-refractivity contribution in [1.29, 1.82) is 0 Å². The smallest absolute Gasteiger partial charge is 0.407 e. The van der Waals surface area contributed by atoms with Gasteiger partial charge in [0, 0.05) is 43.4 Å². The Morgan fingerprint density at radius 2 is 2.06 bits per heavy atom. The number of carbonyl (C=O) groups is 3. The molecular formula is C22H32N4O4S. The molecule has 2 aliphatic heterocycles. The van der Waals surface area contributed by atoms with E-state index < -0.39 is 5.60 Å². The van der Waals surface area contributed by atoms with E-state index in [1.807, 2.05) is 31.1 Å². The summed E-state index contributed by atoms with van der Waals surface area (Å²) in [5, 5.41) is 5.63. The SMILES string of the molecule is CC(C)(C)OC(=O)NC1CCCC2CN(C(=O)Cc3csc(N4CCCC4=O)n3)CC21. The molecular weight excluding hydrogens is 416 g/mol. The molecule has 0 bridgehead atoms. The summed E-state index contributed by atoms with van der Waals surface area (Å²) in [6.45, 7) is 7.67. The topological polar surface area (TPSA) is 91.8 Å². The van der Waals surface area contributed by atoms with Gasteiger partial charge in [-0.1, -0.05) is 6.42 Å². The van der Waals surface area contributed by atoms with E-state index in [9.17, 15) is 14.4 Å². The van der Waals surface area contributed by atoms with E-state index in [-0.39, 0.29) is 36.3 Å². The standard InChI is InChI=1S/C22H32N4O4S/c1-22(2,3)30-21(29)24-17-7-4-6-14-11-25(12-16(14)17)19(28)10-15-13-31-20(23-15)26-9-5-8-18(26)27/h13-14,16-17H,4-12H2,1-3H3,(H,24,29). The zero-order valence-electron chi connectivity index (χ0n) is 18.6. The Kier molecular flexibility index (Phi) is 6.23. The van der Waals surface area contributed by atoms with Crippen LogP contribution in [0.2, 0.25) is 0 Å². The zero-order chi connectivity index (χ0) is 22.2. The second-order valence-electron chi connectivity index (χ2n) is 9.85. The highest BCUT2D eigenvalue weighted by Gasteiger charge is 2.42. The summed E-state index contributed by atoms with van der Waals surface area (Å²) >= 11 is 1.43. The van der Waals surface area contributed by atoms with E-state index in [1.54, 1.807) is 4.90 Å². The Bertz CT molecular complexity index is 849. The number of carbonyl (C=O) groups excluding carboxylic acids is 3. The number of ether oxygens (including phenoxy) is 1. The highest BCUT2D eigenvalue weighted by molar-refractivity contribution is 7.14. The lowest BCUT2D eigenvalue weighted by molar-refractivity contribution is -0.129. The molecule has 3 aliphatic rings. The van der Waals surface area contributed by atoms with Gasteiger partial charge in [0.1, 0.15) is 5.60 Å². The van der Waals surface area contributed by atoms with Crippen molar-refractivity contribution in [3.8, 4) is 0 Å². The molecule has 1 aromatic heterocycles. The first-order valence-corrected chi connectivity index (χ1v) is 12.1. The third-order valence-electron chi connectivity index (χ3n) is 6.33. The van der Waals surface area contributed by atoms with Gasteiger partial charge in [0.15, 0.2) is 5.13 Å². The van der Waals surface area contributed by atoms with Crippen molar-refractivity contribution < 1.29 is 19.1 Å². The molecule has 3 heterocycles. The molecule has 31 heavy (non-hydrogen) atoms. The Morgan fingerprint density at radius 1 is 1.26 bits per heavy atom. The number of thiazole rings is 1. The van der Waals surface area contributed by atoms with Crippen molar-refractivity contribution in [1.82, 2.24) is 15.2 Å². The number of hydrogen-bond acceptors (Lipinski definition) is 6. The first kappa shape index (κ1) is 22.0. The second-order valence-corrected chi connectivity index (χ2v) is 10.7. The van der Waals surface area contributed by atoms with E-state index in [0.717, 1.165) is 37.9 Å². The van der Waals surface area contributed by atoms with Crippen LogP contribution in [0.15, 0.2) is 5.38 Å². The van der Waals surface area contributed by atoms with Crippen LogP contribution in [0, 0.1) is 11.8 Å². The maximum atomic E-state index is 13.0. The molecule has 0 spiro atoms. The molecule has 1 N–H and O–H groups in total. The molecule has 2 saturated heterocycles. The number of nitrogens with one attached hydrogen (secondary N) is 1. The molecule has 3 unspecified atom stereocenters. The van der Waals surface area contributed by atoms with Gasteiger partial charge >= 0.3 is 6.09 Å². The minimum absolute atomic E-state index is 0.0402. The van der Waals surface area contributed by atoms with E-state index >= 15 is 0 Å². The van der Waals surface area contributed by atoms with E-state index in [0.29, 0.717) is 30.6 Å². The molecule has 3 fully saturated rings. The molecule has 0 radical (unpaired) electrons. The maximum absolute atomic E-state index is 13.0. The van der Waals surface area contributed by atoms with Crippen LogP contribution in [0.5, 0.6) is 0 Å². The Morgan fingerprint density at radius 3 is 2.77 bits per heavy atom. The van der Waals surface area contributed by atoms with Gasteiger partial charge in [-0.3, -0.25) is 14.5 Å². The number of nitrogens with zero attached hydrogens (tertiary/aromatic N) is 3. The lowest BCUT2D eigenvalue weighted by atomic mass is 9.78. The van der Waals surface area contributed by atoms with Crippen LogP contribution in [0.1, 0.15) is 58.6 Å². The summed E-state index contributed by atoms with van der Waals surface area (Å²) in [4.78, 5) is 45.3. The predicted octanol–water partition coefficient (Wildman–Crippen LogP) is 2.96. The van der Waals surface area contributed by atoms with Gasteiger partial charge in [0.2, 0.25) is 11.8 Å². The number of alkyl carbamates (subject to hydrolysis) is 1. The van der Waals surface area contributed by atoms with Gasteiger partial charge in [-0.15, -0.1) is 11.3 Å².